The molecule has 0 fully saturated rings. The molecule has 342 valence electrons. The number of hydrogen-bond acceptors (Lipinski definition) is 10. The van der Waals surface area contributed by atoms with Crippen LogP contribution in [0.4, 0.5) is 0 Å². The molecule has 0 heterocycles. The average Bonchev–Trinajstić information content (AvgIpc) is 3.35. The lowest BCUT2D eigenvalue weighted by Gasteiger charge is -2.22. The summed E-state index contributed by atoms with van der Waals surface area (Å²) in [5, 5.41) is 109. The van der Waals surface area contributed by atoms with Crippen LogP contribution in [-0.4, -0.2) is 51.1 Å². The predicted molar refractivity (Wildman–Crippen MR) is 272 cm³/mol. The highest BCUT2D eigenvalue weighted by Gasteiger charge is 2.24. The van der Waals surface area contributed by atoms with Gasteiger partial charge in [0.05, 0.1) is 0 Å². The summed E-state index contributed by atoms with van der Waals surface area (Å²) in [6, 6.07) is 51.9. The van der Waals surface area contributed by atoms with Crippen LogP contribution in [0.15, 0.2) is 194 Å². The summed E-state index contributed by atoms with van der Waals surface area (Å²) in [5.41, 5.74) is 10.2. The van der Waals surface area contributed by atoms with Gasteiger partial charge in [-0.1, -0.05) is 72.8 Å². The number of aromatic hydroxyl groups is 10. The third-order valence-electron chi connectivity index (χ3n) is 12.4. The molecule has 10 aromatic rings. The smallest absolute Gasteiger partial charge is 0.116 e. The van der Waals surface area contributed by atoms with Crippen molar-refractivity contribution in [2.45, 2.75) is 0 Å². The van der Waals surface area contributed by atoms with Crippen LogP contribution < -0.4 is 0 Å². The molecule has 0 spiro atoms. The monoisotopic (exact) mass is 922 g/mol. The minimum atomic E-state index is -0.0933. The molecule has 0 aliphatic heterocycles. The lowest BCUT2D eigenvalue weighted by atomic mass is 9.82. The lowest BCUT2D eigenvalue weighted by Crippen LogP contribution is -1.95. The van der Waals surface area contributed by atoms with Gasteiger partial charge in [0.1, 0.15) is 57.5 Å². The standard InChI is InChI=1S/C60H42O10/c61-35-5-1-33(2-6-35)45-17-9-37(63)25-53(45)55-27-39(65)11-19-47(55)49-21-13-41(67)29-57(49)59-31-43(69)15-23-51(59)52-24-16-44(70)32-60(52)58-30-42(68)14-22-50(58)48-20-12-40(66)28-56(48)54-26-38(64)10-18-46(54)34-3-7-36(62)8-4-34/h1-32,61-70H. The van der Waals surface area contributed by atoms with Gasteiger partial charge < -0.3 is 51.1 Å². The number of rotatable bonds is 9. The average molecular weight is 923 g/mol. The van der Waals surface area contributed by atoms with Crippen molar-refractivity contribution in [2.24, 2.45) is 0 Å². The topological polar surface area (TPSA) is 202 Å². The second-order valence-corrected chi connectivity index (χ2v) is 16.9. The molecule has 0 amide bonds. The molecule has 0 atom stereocenters. The maximum Gasteiger partial charge on any atom is 0.116 e. The van der Waals surface area contributed by atoms with Crippen LogP contribution in [0.2, 0.25) is 0 Å². The van der Waals surface area contributed by atoms with Gasteiger partial charge >= 0.3 is 0 Å². The SMILES string of the molecule is Oc1ccc(-c2ccc(O)cc2-c2cc(O)ccc2-c2ccc(O)cc2-c2cc(O)ccc2-c2ccc(O)cc2-c2cc(O)ccc2-c2ccc(O)cc2-c2cc(O)ccc2-c2ccc(O)cc2)cc1. The Balaban J connectivity index is 1.19. The van der Waals surface area contributed by atoms with Crippen LogP contribution in [0.1, 0.15) is 0 Å². The first-order chi connectivity index (χ1) is 33.8. The summed E-state index contributed by atoms with van der Waals surface area (Å²) < 4.78 is 0. The highest BCUT2D eigenvalue weighted by Crippen LogP contribution is 2.51. The second-order valence-electron chi connectivity index (χ2n) is 16.9. The number of benzene rings is 10. The molecular weight excluding hydrogens is 881 g/mol. The molecule has 0 radical (unpaired) electrons. The van der Waals surface area contributed by atoms with Crippen LogP contribution in [-0.2, 0) is 0 Å². The largest absolute Gasteiger partial charge is 0.508 e. The molecule has 0 bridgehead atoms. The molecular formula is C60H42O10. The minimum absolute atomic E-state index is 0.0293. The van der Waals surface area contributed by atoms with Gasteiger partial charge in [0.2, 0.25) is 0 Å². The Bertz CT molecular complexity index is 3410. The summed E-state index contributed by atoms with van der Waals surface area (Å²) in [5.74, 6) is -0.367. The fourth-order valence-electron chi connectivity index (χ4n) is 9.24. The van der Waals surface area contributed by atoms with E-state index in [0.29, 0.717) is 89.0 Å². The molecule has 10 heteroatoms. The molecule has 0 aliphatic carbocycles. The molecule has 10 aromatic carbocycles. The highest BCUT2D eigenvalue weighted by molar-refractivity contribution is 6.04. The van der Waals surface area contributed by atoms with E-state index in [1.54, 1.807) is 158 Å². The van der Waals surface area contributed by atoms with Crippen molar-refractivity contribution in [3.05, 3.63) is 194 Å². The Hall–Kier alpha value is -9.80. The maximum atomic E-state index is 11.3. The third-order valence-corrected chi connectivity index (χ3v) is 12.4. The van der Waals surface area contributed by atoms with E-state index in [1.165, 1.54) is 36.4 Å². The van der Waals surface area contributed by atoms with E-state index in [9.17, 15) is 51.1 Å². The van der Waals surface area contributed by atoms with Gasteiger partial charge in [0, 0.05) is 0 Å². The Morgan fingerprint density at radius 3 is 0.457 bits per heavy atom. The Morgan fingerprint density at radius 2 is 0.271 bits per heavy atom. The van der Waals surface area contributed by atoms with Crippen LogP contribution >= 0.6 is 0 Å². The molecule has 0 aliphatic rings. The Morgan fingerprint density at radius 1 is 0.129 bits per heavy atom. The van der Waals surface area contributed by atoms with E-state index in [1.807, 2.05) is 0 Å². The van der Waals surface area contributed by atoms with Gasteiger partial charge in [-0.25, -0.2) is 0 Å². The van der Waals surface area contributed by atoms with Gasteiger partial charge in [-0.3, -0.25) is 0 Å². The van der Waals surface area contributed by atoms with E-state index < -0.39 is 0 Å². The van der Waals surface area contributed by atoms with Crippen molar-refractivity contribution in [1.29, 1.82) is 0 Å². The number of phenolic OH excluding ortho intramolecular Hbond substituents is 10. The molecule has 0 saturated carbocycles. The van der Waals surface area contributed by atoms with Crippen LogP contribution in [0.5, 0.6) is 57.5 Å². The molecule has 10 nitrogen and oxygen atoms in total. The van der Waals surface area contributed by atoms with E-state index in [-0.39, 0.29) is 57.5 Å². The van der Waals surface area contributed by atoms with Crippen molar-refractivity contribution in [3.8, 4) is 158 Å². The molecule has 0 aromatic heterocycles. The summed E-state index contributed by atoms with van der Waals surface area (Å²) in [7, 11) is 0. The van der Waals surface area contributed by atoms with Crippen molar-refractivity contribution in [2.75, 3.05) is 0 Å². The first-order valence-electron chi connectivity index (χ1n) is 22.0. The second kappa shape index (κ2) is 17.8. The Kier molecular flexibility index (Phi) is 11.2. The summed E-state index contributed by atoms with van der Waals surface area (Å²) in [6.07, 6.45) is 0. The zero-order valence-electron chi connectivity index (χ0n) is 36.9. The first kappa shape index (κ1) is 44.1. The van der Waals surface area contributed by atoms with Crippen LogP contribution in [0, 0.1) is 0 Å². The third kappa shape index (κ3) is 8.44. The fourth-order valence-corrected chi connectivity index (χ4v) is 9.24. The fraction of sp³-hybridized carbons (Fsp3) is 0. The van der Waals surface area contributed by atoms with Gasteiger partial charge in [-0.15, -0.1) is 0 Å². The van der Waals surface area contributed by atoms with Crippen molar-refractivity contribution < 1.29 is 51.1 Å². The molecule has 10 N–H and O–H groups in total. The summed E-state index contributed by atoms with van der Waals surface area (Å²) in [4.78, 5) is 0. The van der Waals surface area contributed by atoms with Crippen LogP contribution in [0.25, 0.3) is 100 Å². The van der Waals surface area contributed by atoms with Crippen molar-refractivity contribution >= 4 is 0 Å². The molecule has 70 heavy (non-hydrogen) atoms. The quantitative estimate of drug-likeness (QED) is 0.0664. The van der Waals surface area contributed by atoms with Gasteiger partial charge in [0.15, 0.2) is 0 Å². The zero-order chi connectivity index (χ0) is 48.8. The summed E-state index contributed by atoms with van der Waals surface area (Å²) in [6.45, 7) is 0. The van der Waals surface area contributed by atoms with E-state index >= 15 is 0 Å². The highest BCUT2D eigenvalue weighted by atomic mass is 16.3. The minimum Gasteiger partial charge on any atom is -0.508 e. The summed E-state index contributed by atoms with van der Waals surface area (Å²) >= 11 is 0. The molecule has 0 saturated heterocycles. The van der Waals surface area contributed by atoms with E-state index in [4.69, 9.17) is 0 Å². The molecule has 10 rings (SSSR count). The van der Waals surface area contributed by atoms with Gasteiger partial charge in [-0.2, -0.15) is 0 Å². The van der Waals surface area contributed by atoms with E-state index in [2.05, 4.69) is 0 Å². The maximum absolute atomic E-state index is 11.3. The first-order valence-corrected chi connectivity index (χ1v) is 22.0. The van der Waals surface area contributed by atoms with Crippen molar-refractivity contribution in [1.82, 2.24) is 0 Å². The predicted octanol–water partition coefficient (Wildman–Crippen LogP) is 13.7. The van der Waals surface area contributed by atoms with E-state index in [0.717, 1.165) is 11.1 Å². The zero-order valence-corrected chi connectivity index (χ0v) is 36.9. The molecule has 0 unspecified atom stereocenters. The van der Waals surface area contributed by atoms with Gasteiger partial charge in [-0.05, 0) is 221 Å². The van der Waals surface area contributed by atoms with Gasteiger partial charge in [0.25, 0.3) is 0 Å². The Labute approximate surface area is 401 Å². The number of hydrogen-bond donors (Lipinski definition) is 10. The normalized spacial score (nSPS) is 11.1. The lowest BCUT2D eigenvalue weighted by molar-refractivity contribution is 0.474. The number of phenols is 10. The van der Waals surface area contributed by atoms with Crippen molar-refractivity contribution in [3.63, 3.8) is 0 Å². The van der Waals surface area contributed by atoms with Crippen LogP contribution in [0.3, 0.4) is 0 Å².